The first-order valence-corrected chi connectivity index (χ1v) is 10.1. The van der Waals surface area contributed by atoms with E-state index in [4.69, 9.17) is 4.74 Å². The molecule has 0 saturated heterocycles. The Labute approximate surface area is 163 Å². The Hall–Kier alpha value is -2.91. The third-order valence-corrected chi connectivity index (χ3v) is 5.94. The first-order chi connectivity index (χ1) is 13.3. The molecule has 0 spiro atoms. The van der Waals surface area contributed by atoms with Gasteiger partial charge in [-0.25, -0.2) is 13.2 Å². The van der Waals surface area contributed by atoms with Crippen molar-refractivity contribution in [2.45, 2.75) is 18.7 Å². The van der Waals surface area contributed by atoms with Crippen molar-refractivity contribution in [2.75, 3.05) is 25.0 Å². The lowest BCUT2D eigenvalue weighted by atomic mass is 10.2. The molecule has 0 aliphatic rings. The van der Waals surface area contributed by atoms with Crippen molar-refractivity contribution in [3.63, 3.8) is 0 Å². The zero-order valence-corrected chi connectivity index (χ0v) is 16.4. The molecule has 0 fully saturated rings. The quantitative estimate of drug-likeness (QED) is 0.650. The van der Waals surface area contributed by atoms with Gasteiger partial charge in [-0.05, 0) is 42.5 Å². The number of nitrogens with zero attached hydrogens (tertiary/aromatic N) is 1. The molecule has 2 rings (SSSR count). The van der Waals surface area contributed by atoms with Gasteiger partial charge >= 0.3 is 5.97 Å². The number of aromatic hydroxyl groups is 1. The van der Waals surface area contributed by atoms with Gasteiger partial charge in [0.25, 0.3) is 5.91 Å². The van der Waals surface area contributed by atoms with Crippen molar-refractivity contribution in [1.29, 1.82) is 0 Å². The summed E-state index contributed by atoms with van der Waals surface area (Å²) < 4.78 is 31.3. The van der Waals surface area contributed by atoms with Crippen LogP contribution in [0.2, 0.25) is 0 Å². The van der Waals surface area contributed by atoms with E-state index in [-0.39, 0.29) is 21.9 Å². The Morgan fingerprint density at radius 3 is 2.32 bits per heavy atom. The van der Waals surface area contributed by atoms with E-state index >= 15 is 0 Å². The lowest BCUT2D eigenvalue weighted by Gasteiger charge is -2.18. The summed E-state index contributed by atoms with van der Waals surface area (Å²) in [5.41, 5.74) is 0.469. The van der Waals surface area contributed by atoms with E-state index in [1.807, 2.05) is 0 Å². The van der Waals surface area contributed by atoms with Crippen LogP contribution < -0.4 is 5.32 Å². The number of sulfonamides is 1. The van der Waals surface area contributed by atoms with Crippen LogP contribution in [0.15, 0.2) is 53.4 Å². The summed E-state index contributed by atoms with van der Waals surface area (Å²) in [5.74, 6) is -1.31. The highest BCUT2D eigenvalue weighted by atomic mass is 32.2. The summed E-state index contributed by atoms with van der Waals surface area (Å²) in [5, 5.41) is 11.7. The largest absolute Gasteiger partial charge is 0.508 e. The number of phenols is 1. The number of nitrogens with one attached hydrogen (secondary N) is 1. The van der Waals surface area contributed by atoms with Gasteiger partial charge in [-0.3, -0.25) is 4.79 Å². The first-order valence-electron chi connectivity index (χ1n) is 8.64. The van der Waals surface area contributed by atoms with E-state index in [2.05, 4.69) is 5.32 Å². The first kappa shape index (κ1) is 21.4. The van der Waals surface area contributed by atoms with Crippen molar-refractivity contribution < 1.29 is 27.9 Å². The summed E-state index contributed by atoms with van der Waals surface area (Å²) in [6, 6.07) is 11.3. The van der Waals surface area contributed by atoms with E-state index in [1.54, 1.807) is 19.9 Å². The molecule has 1 amide bonds. The normalized spacial score (nSPS) is 11.2. The van der Waals surface area contributed by atoms with Gasteiger partial charge in [-0.2, -0.15) is 4.31 Å². The van der Waals surface area contributed by atoms with E-state index < -0.39 is 28.5 Å². The molecule has 0 aliphatic carbocycles. The summed E-state index contributed by atoms with van der Waals surface area (Å²) in [7, 11) is -3.65. The number of anilines is 1. The molecule has 0 atom stereocenters. The Kier molecular flexibility index (Phi) is 7.13. The number of hydrogen-bond donors (Lipinski definition) is 2. The number of esters is 1. The molecule has 9 heteroatoms. The number of amides is 1. The highest BCUT2D eigenvalue weighted by molar-refractivity contribution is 7.89. The molecule has 0 aliphatic heterocycles. The summed E-state index contributed by atoms with van der Waals surface area (Å²) in [6.07, 6.45) is 0. The van der Waals surface area contributed by atoms with Crippen molar-refractivity contribution in [3.05, 3.63) is 54.1 Å². The summed E-state index contributed by atoms with van der Waals surface area (Å²) >= 11 is 0. The second-order valence-electron chi connectivity index (χ2n) is 5.79. The fourth-order valence-electron chi connectivity index (χ4n) is 2.46. The maximum Gasteiger partial charge on any atom is 0.338 e. The Morgan fingerprint density at radius 1 is 1.07 bits per heavy atom. The molecule has 0 heterocycles. The second-order valence-corrected chi connectivity index (χ2v) is 7.73. The topological polar surface area (TPSA) is 113 Å². The molecular weight excluding hydrogens is 384 g/mol. The number of carbonyl (C=O) groups is 2. The van der Waals surface area contributed by atoms with Crippen molar-refractivity contribution >= 4 is 27.6 Å². The molecule has 0 bridgehead atoms. The van der Waals surface area contributed by atoms with Gasteiger partial charge in [0, 0.05) is 18.8 Å². The highest BCUT2D eigenvalue weighted by Crippen LogP contribution is 2.19. The Morgan fingerprint density at radius 2 is 1.71 bits per heavy atom. The average Bonchev–Trinajstić information content (AvgIpc) is 2.67. The van der Waals surface area contributed by atoms with Gasteiger partial charge in [0.05, 0.1) is 10.5 Å². The van der Waals surface area contributed by atoms with Gasteiger partial charge in [0.1, 0.15) is 5.75 Å². The molecule has 0 radical (unpaired) electrons. The van der Waals surface area contributed by atoms with Crippen LogP contribution in [0.3, 0.4) is 0 Å². The van der Waals surface area contributed by atoms with Crippen LogP contribution in [0.25, 0.3) is 0 Å². The van der Waals surface area contributed by atoms with Gasteiger partial charge < -0.3 is 15.2 Å². The van der Waals surface area contributed by atoms with Crippen LogP contribution in [-0.4, -0.2) is 49.4 Å². The van der Waals surface area contributed by atoms with Gasteiger partial charge in [0.15, 0.2) is 6.61 Å². The van der Waals surface area contributed by atoms with Gasteiger partial charge in [-0.15, -0.1) is 0 Å². The number of hydrogen-bond acceptors (Lipinski definition) is 6. The lowest BCUT2D eigenvalue weighted by Crippen LogP contribution is -2.30. The smallest absolute Gasteiger partial charge is 0.338 e. The zero-order valence-electron chi connectivity index (χ0n) is 15.6. The van der Waals surface area contributed by atoms with E-state index in [0.29, 0.717) is 13.1 Å². The van der Waals surface area contributed by atoms with Crippen LogP contribution >= 0.6 is 0 Å². The van der Waals surface area contributed by atoms with Crippen molar-refractivity contribution in [2.24, 2.45) is 0 Å². The molecule has 2 N–H and O–H groups in total. The molecule has 0 saturated carbocycles. The predicted molar refractivity (Wildman–Crippen MR) is 104 cm³/mol. The minimum absolute atomic E-state index is 0.00818. The molecule has 0 aromatic heterocycles. The van der Waals surface area contributed by atoms with Crippen LogP contribution in [0, 0.1) is 0 Å². The zero-order chi connectivity index (χ0) is 20.7. The second kappa shape index (κ2) is 9.34. The number of carbonyl (C=O) groups excluding carboxylic acids is 2. The molecular formula is C19H22N2O6S. The third kappa shape index (κ3) is 5.30. The van der Waals surface area contributed by atoms with Crippen LogP contribution in [0.4, 0.5) is 5.69 Å². The third-order valence-electron chi connectivity index (χ3n) is 3.90. The Bertz CT molecular complexity index is 937. The molecule has 2 aromatic carbocycles. The summed E-state index contributed by atoms with van der Waals surface area (Å²) in [6.45, 7) is 3.63. The van der Waals surface area contributed by atoms with Gasteiger partial charge in [-0.1, -0.05) is 19.9 Å². The van der Waals surface area contributed by atoms with E-state index in [9.17, 15) is 23.1 Å². The highest BCUT2D eigenvalue weighted by Gasteiger charge is 2.22. The fraction of sp³-hybridized carbons (Fsp3) is 0.263. The standard InChI is InChI=1S/C19H22N2O6S/c1-3-21(4-2)28(25,26)17-7-5-6-15(12-17)20-18(23)13-27-19(24)14-8-10-16(22)11-9-14/h5-12,22H,3-4,13H2,1-2H3,(H,20,23). The molecule has 2 aromatic rings. The minimum atomic E-state index is -3.65. The van der Waals surface area contributed by atoms with E-state index in [1.165, 1.54) is 46.8 Å². The minimum Gasteiger partial charge on any atom is -0.508 e. The van der Waals surface area contributed by atoms with Crippen LogP contribution in [0.1, 0.15) is 24.2 Å². The molecule has 28 heavy (non-hydrogen) atoms. The van der Waals surface area contributed by atoms with E-state index in [0.717, 1.165) is 0 Å². The SMILES string of the molecule is CCN(CC)S(=O)(=O)c1cccc(NC(=O)COC(=O)c2ccc(O)cc2)c1. The maximum absolute atomic E-state index is 12.6. The number of rotatable bonds is 8. The van der Waals surface area contributed by atoms with Crippen molar-refractivity contribution in [1.82, 2.24) is 4.31 Å². The van der Waals surface area contributed by atoms with Crippen molar-refractivity contribution in [3.8, 4) is 5.75 Å². The monoisotopic (exact) mass is 406 g/mol. The summed E-state index contributed by atoms with van der Waals surface area (Å²) in [4.78, 5) is 24.0. The Balaban J connectivity index is 2.01. The number of benzene rings is 2. The molecule has 8 nitrogen and oxygen atoms in total. The lowest BCUT2D eigenvalue weighted by molar-refractivity contribution is -0.119. The maximum atomic E-state index is 12.6. The average molecular weight is 406 g/mol. The number of phenolic OH excluding ortho intramolecular Hbond substituents is 1. The van der Waals surface area contributed by atoms with Crippen LogP contribution in [-0.2, 0) is 19.6 Å². The molecule has 0 unspecified atom stereocenters. The molecule has 150 valence electrons. The van der Waals surface area contributed by atoms with Crippen LogP contribution in [0.5, 0.6) is 5.75 Å². The van der Waals surface area contributed by atoms with Gasteiger partial charge in [0.2, 0.25) is 10.0 Å². The predicted octanol–water partition coefficient (Wildman–Crippen LogP) is 2.22. The number of ether oxygens (including phenoxy) is 1. The fourth-order valence-corrected chi connectivity index (χ4v) is 3.96.